The predicted molar refractivity (Wildman–Crippen MR) is 114 cm³/mol. The summed E-state index contributed by atoms with van der Waals surface area (Å²) >= 11 is 1.29. The highest BCUT2D eigenvalue weighted by molar-refractivity contribution is 7.14. The molecule has 2 amide bonds. The normalized spacial score (nSPS) is 10.4. The maximum atomic E-state index is 12.5. The molecule has 1 aromatic carbocycles. The quantitative estimate of drug-likeness (QED) is 0.341. The molecule has 0 fully saturated rings. The number of tetrazole rings is 1. The van der Waals surface area contributed by atoms with E-state index in [0.717, 1.165) is 4.88 Å². The molecule has 2 aromatic heterocycles. The molecule has 0 radical (unpaired) electrons. The summed E-state index contributed by atoms with van der Waals surface area (Å²) in [5, 5.41) is 15.8. The molecular formula is C20H20N6O5S. The van der Waals surface area contributed by atoms with E-state index in [1.54, 1.807) is 30.3 Å². The van der Waals surface area contributed by atoms with E-state index >= 15 is 0 Å². The largest absolute Gasteiger partial charge is 0.454 e. The van der Waals surface area contributed by atoms with Crippen LogP contribution in [0.3, 0.4) is 0 Å². The van der Waals surface area contributed by atoms with Crippen LogP contribution in [0.5, 0.6) is 0 Å². The van der Waals surface area contributed by atoms with Crippen molar-refractivity contribution >= 4 is 40.6 Å². The second-order valence-corrected chi connectivity index (χ2v) is 7.77. The number of ether oxygens (including phenoxy) is 1. The van der Waals surface area contributed by atoms with E-state index in [0.29, 0.717) is 17.8 Å². The summed E-state index contributed by atoms with van der Waals surface area (Å²) in [6.45, 7) is 1.36. The average Bonchev–Trinajstić information content (AvgIpc) is 3.44. The first-order chi connectivity index (χ1) is 15.4. The molecule has 0 saturated carbocycles. The topological polar surface area (TPSA) is 145 Å². The molecule has 0 saturated heterocycles. The molecule has 2 heterocycles. The fraction of sp³-hybridized carbons (Fsp3) is 0.250. The number of anilines is 1. The first kappa shape index (κ1) is 22.7. The second kappa shape index (κ2) is 10.9. The third kappa shape index (κ3) is 6.54. The summed E-state index contributed by atoms with van der Waals surface area (Å²) in [5.41, 5.74) is 0.368. The van der Waals surface area contributed by atoms with E-state index in [1.165, 1.54) is 35.3 Å². The molecule has 0 aliphatic rings. The molecule has 0 bridgehead atoms. The number of ketones is 1. The van der Waals surface area contributed by atoms with Crippen LogP contribution in [0.4, 0.5) is 5.69 Å². The van der Waals surface area contributed by atoms with E-state index in [2.05, 4.69) is 26.2 Å². The van der Waals surface area contributed by atoms with Gasteiger partial charge in [0.2, 0.25) is 17.6 Å². The standard InChI is InChI=1S/C20H20N6O5S/c1-13(27)21-9-8-14-6-7-18(32-14)17(28)11-31-20(30)15-4-2-3-5-16(15)23-19(29)10-26-12-22-24-25-26/h2-7,12H,8-11H2,1H3,(H,21,27)(H,23,29). The Labute approximate surface area is 186 Å². The van der Waals surface area contributed by atoms with Crippen LogP contribution in [0.1, 0.15) is 31.8 Å². The van der Waals surface area contributed by atoms with Gasteiger partial charge < -0.3 is 15.4 Å². The van der Waals surface area contributed by atoms with Gasteiger partial charge in [-0.15, -0.1) is 16.4 Å². The Kier molecular flexibility index (Phi) is 7.75. The minimum absolute atomic E-state index is 0.114. The first-order valence-electron chi connectivity index (χ1n) is 9.55. The third-order valence-electron chi connectivity index (χ3n) is 4.13. The van der Waals surface area contributed by atoms with Gasteiger partial charge in [0.1, 0.15) is 12.9 Å². The molecule has 11 nitrogen and oxygen atoms in total. The monoisotopic (exact) mass is 456 g/mol. The van der Waals surface area contributed by atoms with Crippen molar-refractivity contribution in [3.63, 3.8) is 0 Å². The Morgan fingerprint density at radius 3 is 2.69 bits per heavy atom. The summed E-state index contributed by atoms with van der Waals surface area (Å²) in [4.78, 5) is 49.4. The number of carbonyl (C=O) groups is 4. The number of nitrogens with zero attached hydrogens (tertiary/aromatic N) is 4. The molecule has 0 atom stereocenters. The van der Waals surface area contributed by atoms with Gasteiger partial charge in [-0.2, -0.15) is 0 Å². The van der Waals surface area contributed by atoms with Crippen LogP contribution in [0.2, 0.25) is 0 Å². The van der Waals surface area contributed by atoms with Crippen LogP contribution in [-0.4, -0.2) is 56.9 Å². The van der Waals surface area contributed by atoms with Gasteiger partial charge in [-0.25, -0.2) is 9.48 Å². The molecule has 3 rings (SSSR count). The molecule has 3 aromatic rings. The summed E-state index contributed by atoms with van der Waals surface area (Å²) in [6, 6.07) is 9.79. The predicted octanol–water partition coefficient (Wildman–Crippen LogP) is 1.09. The Morgan fingerprint density at radius 1 is 1.12 bits per heavy atom. The highest BCUT2D eigenvalue weighted by atomic mass is 32.1. The number of hydrogen-bond donors (Lipinski definition) is 2. The van der Waals surface area contributed by atoms with Crippen molar-refractivity contribution in [2.75, 3.05) is 18.5 Å². The number of para-hydroxylation sites is 1. The van der Waals surface area contributed by atoms with Crippen molar-refractivity contribution in [3.05, 3.63) is 58.0 Å². The van der Waals surface area contributed by atoms with Crippen molar-refractivity contribution in [1.82, 2.24) is 25.5 Å². The number of esters is 1. The molecule has 32 heavy (non-hydrogen) atoms. The van der Waals surface area contributed by atoms with Crippen molar-refractivity contribution in [2.24, 2.45) is 0 Å². The smallest absolute Gasteiger partial charge is 0.340 e. The number of Topliss-reactive ketones (excluding diaryl/α,β-unsaturated/α-hetero) is 1. The Morgan fingerprint density at radius 2 is 1.94 bits per heavy atom. The maximum absolute atomic E-state index is 12.5. The lowest BCUT2D eigenvalue weighted by atomic mass is 10.2. The van der Waals surface area contributed by atoms with Crippen molar-refractivity contribution in [2.45, 2.75) is 19.9 Å². The highest BCUT2D eigenvalue weighted by Gasteiger charge is 2.17. The van der Waals surface area contributed by atoms with Crippen molar-refractivity contribution < 1.29 is 23.9 Å². The highest BCUT2D eigenvalue weighted by Crippen LogP contribution is 2.19. The van der Waals surface area contributed by atoms with Gasteiger partial charge in [0.15, 0.2) is 6.61 Å². The van der Waals surface area contributed by atoms with Gasteiger partial charge in [0.05, 0.1) is 16.1 Å². The number of nitrogens with one attached hydrogen (secondary N) is 2. The van der Waals surface area contributed by atoms with Gasteiger partial charge >= 0.3 is 5.97 Å². The van der Waals surface area contributed by atoms with Crippen LogP contribution in [0, 0.1) is 0 Å². The van der Waals surface area contributed by atoms with E-state index in [9.17, 15) is 19.2 Å². The molecule has 0 spiro atoms. The molecule has 0 aliphatic carbocycles. The number of thiophene rings is 1. The van der Waals surface area contributed by atoms with Crippen molar-refractivity contribution in [3.8, 4) is 0 Å². The van der Waals surface area contributed by atoms with E-state index in [-0.39, 0.29) is 29.5 Å². The number of carbonyl (C=O) groups excluding carboxylic acids is 4. The number of hydrogen-bond acceptors (Lipinski definition) is 9. The average molecular weight is 456 g/mol. The molecular weight excluding hydrogens is 436 g/mol. The minimum atomic E-state index is -0.737. The third-order valence-corrected chi connectivity index (χ3v) is 5.32. The van der Waals surface area contributed by atoms with E-state index in [1.807, 2.05) is 0 Å². The van der Waals surface area contributed by atoms with Gasteiger partial charge in [-0.05, 0) is 41.1 Å². The zero-order chi connectivity index (χ0) is 22.9. The number of amides is 2. The van der Waals surface area contributed by atoms with Gasteiger partial charge in [0.25, 0.3) is 0 Å². The zero-order valence-electron chi connectivity index (χ0n) is 17.1. The number of rotatable bonds is 10. The summed E-state index contributed by atoms with van der Waals surface area (Å²) in [6.07, 6.45) is 1.90. The van der Waals surface area contributed by atoms with Crippen LogP contribution >= 0.6 is 11.3 Å². The van der Waals surface area contributed by atoms with Crippen LogP contribution in [-0.2, 0) is 27.3 Å². The molecule has 166 valence electrons. The van der Waals surface area contributed by atoms with Gasteiger partial charge in [-0.1, -0.05) is 12.1 Å². The van der Waals surface area contributed by atoms with Gasteiger partial charge in [-0.3, -0.25) is 14.4 Å². The zero-order valence-corrected chi connectivity index (χ0v) is 17.9. The number of benzene rings is 1. The molecule has 0 unspecified atom stereocenters. The Hall–Kier alpha value is -3.93. The number of aromatic nitrogens is 4. The summed E-state index contributed by atoms with van der Waals surface area (Å²) < 4.78 is 6.40. The Bertz CT molecular complexity index is 1110. The van der Waals surface area contributed by atoms with Gasteiger partial charge in [0, 0.05) is 18.3 Å². The molecule has 2 N–H and O–H groups in total. The van der Waals surface area contributed by atoms with Crippen LogP contribution < -0.4 is 10.6 Å². The SMILES string of the molecule is CC(=O)NCCc1ccc(C(=O)COC(=O)c2ccccc2NC(=O)Cn2cnnn2)s1. The summed E-state index contributed by atoms with van der Waals surface area (Å²) in [5.74, 6) is -1.62. The summed E-state index contributed by atoms with van der Waals surface area (Å²) in [7, 11) is 0. The lowest BCUT2D eigenvalue weighted by Crippen LogP contribution is -2.22. The minimum Gasteiger partial charge on any atom is -0.454 e. The van der Waals surface area contributed by atoms with E-state index < -0.39 is 18.5 Å². The lowest BCUT2D eigenvalue weighted by molar-refractivity contribution is -0.119. The Balaban J connectivity index is 1.54. The lowest BCUT2D eigenvalue weighted by Gasteiger charge is -2.10. The van der Waals surface area contributed by atoms with Crippen LogP contribution in [0.25, 0.3) is 0 Å². The van der Waals surface area contributed by atoms with Crippen LogP contribution in [0.15, 0.2) is 42.7 Å². The fourth-order valence-electron chi connectivity index (χ4n) is 2.66. The van der Waals surface area contributed by atoms with Crippen molar-refractivity contribution in [1.29, 1.82) is 0 Å². The molecule has 0 aliphatic heterocycles. The fourth-order valence-corrected chi connectivity index (χ4v) is 3.60. The first-order valence-corrected chi connectivity index (χ1v) is 10.4. The van der Waals surface area contributed by atoms with E-state index in [4.69, 9.17) is 4.74 Å². The maximum Gasteiger partial charge on any atom is 0.340 e. The molecule has 12 heteroatoms. The second-order valence-electron chi connectivity index (χ2n) is 6.60.